The van der Waals surface area contributed by atoms with Crippen LogP contribution in [0.1, 0.15) is 24.0 Å². The fourth-order valence-electron chi connectivity index (χ4n) is 3.95. The average Bonchev–Trinajstić information content (AvgIpc) is 2.86. The molecule has 0 radical (unpaired) electrons. The number of amides is 1. The van der Waals surface area contributed by atoms with Gasteiger partial charge in [-0.2, -0.15) is 0 Å². The number of piperidine rings is 1. The van der Waals surface area contributed by atoms with Gasteiger partial charge in [-0.05, 0) is 60.4 Å². The highest BCUT2D eigenvalue weighted by Gasteiger charge is 2.32. The zero-order chi connectivity index (χ0) is 24.8. The summed E-state index contributed by atoms with van der Waals surface area (Å²) in [7, 11) is -3.62. The van der Waals surface area contributed by atoms with Gasteiger partial charge in [-0.15, -0.1) is 11.8 Å². The molecule has 9 heteroatoms. The molecule has 4 rings (SSSR count). The maximum Gasteiger partial charge on any atom is 0.228 e. The first-order chi connectivity index (χ1) is 16.8. The predicted molar refractivity (Wildman–Crippen MR) is 144 cm³/mol. The summed E-state index contributed by atoms with van der Waals surface area (Å²) < 4.78 is 27.4. The van der Waals surface area contributed by atoms with E-state index in [9.17, 15) is 13.2 Å². The van der Waals surface area contributed by atoms with Crippen LogP contribution < -0.4 is 5.32 Å². The van der Waals surface area contributed by atoms with E-state index in [1.54, 1.807) is 23.9 Å². The van der Waals surface area contributed by atoms with Crippen molar-refractivity contribution in [2.45, 2.75) is 29.2 Å². The topological polar surface area (TPSA) is 66.5 Å². The monoisotopic (exact) mass is 548 g/mol. The lowest BCUT2D eigenvalue weighted by molar-refractivity contribution is -0.120. The van der Waals surface area contributed by atoms with Crippen LogP contribution in [0.5, 0.6) is 0 Å². The van der Waals surface area contributed by atoms with Crippen LogP contribution in [0.25, 0.3) is 0 Å². The van der Waals surface area contributed by atoms with Gasteiger partial charge in [-0.3, -0.25) is 4.79 Å². The first-order valence-corrected chi connectivity index (χ1v) is 14.6. The average molecular weight is 550 g/mol. The first kappa shape index (κ1) is 26.0. The fraction of sp³-hybridized carbons (Fsp3) is 0.269. The van der Waals surface area contributed by atoms with Crippen LogP contribution >= 0.6 is 35.0 Å². The molecular formula is C26H26Cl2N2O3S2. The van der Waals surface area contributed by atoms with E-state index in [4.69, 9.17) is 23.2 Å². The Morgan fingerprint density at radius 1 is 1.03 bits per heavy atom. The highest BCUT2D eigenvalue weighted by atomic mass is 35.5. The van der Waals surface area contributed by atoms with Crippen molar-refractivity contribution in [2.75, 3.05) is 18.4 Å². The molecule has 1 aliphatic heterocycles. The number of carbonyl (C=O) groups excluding carboxylic acids is 1. The number of nitrogens with one attached hydrogen (secondary N) is 1. The number of nitrogens with zero attached hydrogens (tertiary/aromatic N) is 1. The van der Waals surface area contributed by atoms with Gasteiger partial charge >= 0.3 is 0 Å². The Kier molecular flexibility index (Phi) is 8.78. The number of sulfonamides is 1. The van der Waals surface area contributed by atoms with Crippen molar-refractivity contribution >= 4 is 56.6 Å². The third kappa shape index (κ3) is 7.24. The largest absolute Gasteiger partial charge is 0.326 e. The zero-order valence-corrected chi connectivity index (χ0v) is 22.1. The lowest BCUT2D eigenvalue weighted by Gasteiger charge is -2.31. The molecule has 1 aliphatic rings. The van der Waals surface area contributed by atoms with Crippen molar-refractivity contribution < 1.29 is 13.2 Å². The van der Waals surface area contributed by atoms with Gasteiger partial charge in [-0.1, -0.05) is 59.6 Å². The fourth-order valence-corrected chi connectivity index (χ4v) is 7.02. The van der Waals surface area contributed by atoms with E-state index in [-0.39, 0.29) is 18.2 Å². The Balaban J connectivity index is 1.33. The van der Waals surface area contributed by atoms with E-state index in [2.05, 4.69) is 17.4 Å². The standard InChI is InChI=1S/C26H26Cl2N2O3S2/c27-22-11-10-21(25(28)15-22)18-35(32,33)30-14-4-5-20(16-30)26(31)29-23-12-8-19(9-13-23)17-34-24-6-2-1-3-7-24/h1-3,6-13,15,20H,4-5,14,16-18H2,(H,29,31). The summed E-state index contributed by atoms with van der Waals surface area (Å²) in [6, 6.07) is 22.7. The van der Waals surface area contributed by atoms with Crippen molar-refractivity contribution in [2.24, 2.45) is 5.92 Å². The summed E-state index contributed by atoms with van der Waals surface area (Å²) in [5, 5.41) is 3.72. The summed E-state index contributed by atoms with van der Waals surface area (Å²) in [4.78, 5) is 14.1. The minimum absolute atomic E-state index is 0.158. The molecule has 1 N–H and O–H groups in total. The molecule has 3 aromatic rings. The van der Waals surface area contributed by atoms with E-state index >= 15 is 0 Å². The first-order valence-electron chi connectivity index (χ1n) is 11.3. The van der Waals surface area contributed by atoms with Crippen LogP contribution in [-0.2, 0) is 26.3 Å². The minimum Gasteiger partial charge on any atom is -0.326 e. The summed E-state index contributed by atoms with van der Waals surface area (Å²) in [5.74, 6) is 0.0406. The number of anilines is 1. The van der Waals surface area contributed by atoms with Crippen LogP contribution in [0.15, 0.2) is 77.7 Å². The highest BCUT2D eigenvalue weighted by Crippen LogP contribution is 2.27. The molecule has 0 saturated carbocycles. The maximum atomic E-state index is 13.0. The number of rotatable bonds is 8. The molecule has 184 valence electrons. The smallest absolute Gasteiger partial charge is 0.228 e. The summed E-state index contributed by atoms with van der Waals surface area (Å²) in [5.41, 5.74) is 2.36. The Morgan fingerprint density at radius 2 is 1.77 bits per heavy atom. The Labute approximate surface area is 220 Å². The molecule has 1 unspecified atom stereocenters. The van der Waals surface area contributed by atoms with Crippen molar-refractivity contribution in [3.8, 4) is 0 Å². The van der Waals surface area contributed by atoms with E-state index < -0.39 is 15.9 Å². The highest BCUT2D eigenvalue weighted by molar-refractivity contribution is 7.98. The maximum absolute atomic E-state index is 13.0. The minimum atomic E-state index is -3.62. The van der Waals surface area contributed by atoms with Gasteiger partial charge in [-0.25, -0.2) is 12.7 Å². The second-order valence-electron chi connectivity index (χ2n) is 8.48. The number of carbonyl (C=O) groups is 1. The van der Waals surface area contributed by atoms with Crippen molar-refractivity contribution in [1.29, 1.82) is 0 Å². The summed E-state index contributed by atoms with van der Waals surface area (Å²) in [6.45, 7) is 0.552. The number of hydrogen-bond donors (Lipinski definition) is 1. The Bertz CT molecular complexity index is 1270. The molecule has 0 aliphatic carbocycles. The van der Waals surface area contributed by atoms with Gasteiger partial charge in [0.2, 0.25) is 15.9 Å². The molecule has 1 atom stereocenters. The van der Waals surface area contributed by atoms with Crippen molar-refractivity contribution in [3.63, 3.8) is 0 Å². The van der Waals surface area contributed by atoms with Gasteiger partial charge in [0.05, 0.1) is 11.7 Å². The van der Waals surface area contributed by atoms with E-state index in [0.717, 1.165) is 11.3 Å². The van der Waals surface area contributed by atoms with Crippen molar-refractivity contribution in [3.05, 3.63) is 94.0 Å². The third-order valence-corrected chi connectivity index (χ3v) is 9.34. The zero-order valence-electron chi connectivity index (χ0n) is 19.0. The molecule has 1 heterocycles. The summed E-state index contributed by atoms with van der Waals surface area (Å²) in [6.07, 6.45) is 1.27. The quantitative estimate of drug-likeness (QED) is 0.327. The van der Waals surface area contributed by atoms with Gasteiger partial charge in [0.1, 0.15) is 0 Å². The lowest BCUT2D eigenvalue weighted by atomic mass is 9.98. The second-order valence-corrected chi connectivity index (χ2v) is 12.3. The Morgan fingerprint density at radius 3 is 2.49 bits per heavy atom. The number of halogens is 2. The molecule has 3 aromatic carbocycles. The second kappa shape index (κ2) is 11.8. The molecule has 1 fully saturated rings. The van der Waals surface area contributed by atoms with Crippen LogP contribution in [0.4, 0.5) is 5.69 Å². The number of benzene rings is 3. The van der Waals surface area contributed by atoms with Crippen LogP contribution in [0.3, 0.4) is 0 Å². The van der Waals surface area contributed by atoms with Crippen LogP contribution in [-0.4, -0.2) is 31.7 Å². The van der Waals surface area contributed by atoms with Gasteiger partial charge in [0.25, 0.3) is 0 Å². The predicted octanol–water partition coefficient (Wildman–Crippen LogP) is 6.47. The SMILES string of the molecule is O=C(Nc1ccc(CSc2ccccc2)cc1)C1CCCN(S(=O)(=O)Cc2ccc(Cl)cc2Cl)C1. The molecule has 0 bridgehead atoms. The van der Waals surface area contributed by atoms with Crippen LogP contribution in [0.2, 0.25) is 10.0 Å². The molecule has 0 aromatic heterocycles. The van der Waals surface area contributed by atoms with Crippen molar-refractivity contribution in [1.82, 2.24) is 4.31 Å². The molecule has 5 nitrogen and oxygen atoms in total. The number of thioether (sulfide) groups is 1. The van der Waals surface area contributed by atoms with Crippen LogP contribution in [0, 0.1) is 5.92 Å². The molecule has 0 spiro atoms. The Hall–Kier alpha value is -2.03. The van der Waals surface area contributed by atoms with Gasteiger partial charge < -0.3 is 5.32 Å². The lowest BCUT2D eigenvalue weighted by Crippen LogP contribution is -2.44. The molecular weight excluding hydrogens is 523 g/mol. The van der Waals surface area contributed by atoms with Gasteiger partial charge in [0, 0.05) is 39.5 Å². The van der Waals surface area contributed by atoms with E-state index in [0.29, 0.717) is 40.7 Å². The third-order valence-electron chi connectivity index (χ3n) is 5.87. The molecule has 1 amide bonds. The normalized spacial score (nSPS) is 16.7. The van der Waals surface area contributed by atoms with Gasteiger partial charge in [0.15, 0.2) is 0 Å². The molecule has 35 heavy (non-hydrogen) atoms. The number of hydrogen-bond acceptors (Lipinski definition) is 4. The summed E-state index contributed by atoms with van der Waals surface area (Å²) >= 11 is 13.8. The van der Waals surface area contributed by atoms with E-state index in [1.807, 2.05) is 42.5 Å². The van der Waals surface area contributed by atoms with E-state index in [1.165, 1.54) is 15.3 Å². The molecule has 1 saturated heterocycles.